The van der Waals surface area contributed by atoms with Crippen molar-refractivity contribution in [3.05, 3.63) is 95.8 Å². The van der Waals surface area contributed by atoms with Gasteiger partial charge in [0.2, 0.25) is 11.8 Å². The van der Waals surface area contributed by atoms with Crippen LogP contribution < -0.4 is 14.8 Å². The number of carbonyl (C=O) groups is 2. The molecule has 0 heterocycles. The van der Waals surface area contributed by atoms with E-state index in [1.807, 2.05) is 44.2 Å². The quantitative estimate of drug-likeness (QED) is 0.289. The Morgan fingerprint density at radius 3 is 2.24 bits per heavy atom. The molecule has 0 aromatic heterocycles. The maximum absolute atomic E-state index is 14.6. The van der Waals surface area contributed by atoms with Crippen LogP contribution in [0.3, 0.4) is 0 Å². The molecule has 202 valence electrons. The van der Waals surface area contributed by atoms with Crippen LogP contribution in [0.5, 0.6) is 11.5 Å². The Balaban J connectivity index is 1.77. The molecule has 0 fully saturated rings. The van der Waals surface area contributed by atoms with Gasteiger partial charge >= 0.3 is 0 Å². The number of carbonyl (C=O) groups excluding carboxylic acids is 2. The number of benzene rings is 3. The molecule has 3 rings (SSSR count). The number of ether oxygens (including phenoxy) is 2. The summed E-state index contributed by atoms with van der Waals surface area (Å²) in [5.41, 5.74) is 1.29. The third kappa shape index (κ3) is 8.91. The molecule has 0 aliphatic carbocycles. The van der Waals surface area contributed by atoms with Crippen molar-refractivity contribution < 1.29 is 23.5 Å². The Morgan fingerprint density at radius 1 is 0.921 bits per heavy atom. The molecule has 1 atom stereocenters. The average molecular weight is 521 g/mol. The number of halogens is 1. The summed E-state index contributed by atoms with van der Waals surface area (Å²) in [6.45, 7) is 4.84. The Morgan fingerprint density at radius 2 is 1.58 bits per heavy atom. The van der Waals surface area contributed by atoms with Crippen molar-refractivity contribution in [1.29, 1.82) is 0 Å². The van der Waals surface area contributed by atoms with E-state index in [2.05, 4.69) is 5.32 Å². The summed E-state index contributed by atoms with van der Waals surface area (Å²) >= 11 is 0. The summed E-state index contributed by atoms with van der Waals surface area (Å²) in [4.78, 5) is 28.5. The Kier molecular flexibility index (Phi) is 11.1. The number of rotatable bonds is 14. The van der Waals surface area contributed by atoms with Crippen molar-refractivity contribution in [3.63, 3.8) is 0 Å². The van der Waals surface area contributed by atoms with Gasteiger partial charge in [0.25, 0.3) is 0 Å². The molecule has 0 aliphatic rings. The second-order valence-corrected chi connectivity index (χ2v) is 9.59. The number of hydrogen-bond donors (Lipinski definition) is 1. The van der Waals surface area contributed by atoms with Crippen molar-refractivity contribution >= 4 is 11.8 Å². The van der Waals surface area contributed by atoms with Gasteiger partial charge in [-0.05, 0) is 48.2 Å². The van der Waals surface area contributed by atoms with Crippen LogP contribution in [-0.4, -0.2) is 43.0 Å². The zero-order valence-corrected chi connectivity index (χ0v) is 22.4. The van der Waals surface area contributed by atoms with Crippen LogP contribution in [0.25, 0.3) is 0 Å². The first-order valence-electron chi connectivity index (χ1n) is 13.0. The summed E-state index contributed by atoms with van der Waals surface area (Å²) in [7, 11) is 1.60. The van der Waals surface area contributed by atoms with Gasteiger partial charge in [0.1, 0.15) is 23.4 Å². The molecule has 7 heteroatoms. The van der Waals surface area contributed by atoms with Gasteiger partial charge in [-0.2, -0.15) is 0 Å². The van der Waals surface area contributed by atoms with E-state index in [0.717, 1.165) is 11.3 Å². The van der Waals surface area contributed by atoms with E-state index in [1.54, 1.807) is 49.6 Å². The molecule has 3 aromatic carbocycles. The Labute approximate surface area is 224 Å². The average Bonchev–Trinajstić information content (AvgIpc) is 2.93. The SMILES string of the molecule is COc1ccc(OCCCC(=O)N(Cc2ccccc2F)[C@H](Cc2ccccc2)C(=O)NCC(C)C)cc1. The third-order valence-corrected chi connectivity index (χ3v) is 6.12. The third-order valence-electron chi connectivity index (χ3n) is 6.12. The lowest BCUT2D eigenvalue weighted by molar-refractivity contribution is -0.141. The van der Waals surface area contributed by atoms with Gasteiger partial charge in [-0.15, -0.1) is 0 Å². The number of nitrogens with one attached hydrogen (secondary N) is 1. The first-order chi connectivity index (χ1) is 18.4. The van der Waals surface area contributed by atoms with Crippen LogP contribution >= 0.6 is 0 Å². The molecule has 1 N–H and O–H groups in total. The smallest absolute Gasteiger partial charge is 0.243 e. The molecule has 38 heavy (non-hydrogen) atoms. The maximum Gasteiger partial charge on any atom is 0.243 e. The van der Waals surface area contributed by atoms with Gasteiger partial charge in [0.05, 0.1) is 13.7 Å². The fourth-order valence-electron chi connectivity index (χ4n) is 4.02. The summed E-state index contributed by atoms with van der Waals surface area (Å²) in [5, 5.41) is 2.97. The van der Waals surface area contributed by atoms with Crippen LogP contribution in [0.1, 0.15) is 37.8 Å². The van der Waals surface area contributed by atoms with E-state index < -0.39 is 11.9 Å². The summed E-state index contributed by atoms with van der Waals surface area (Å²) in [6.07, 6.45) is 0.935. The van der Waals surface area contributed by atoms with Gasteiger partial charge in [0, 0.05) is 31.5 Å². The molecule has 0 bridgehead atoms. The van der Waals surface area contributed by atoms with Gasteiger partial charge < -0.3 is 19.7 Å². The van der Waals surface area contributed by atoms with Crippen LogP contribution in [0.2, 0.25) is 0 Å². The molecule has 6 nitrogen and oxygen atoms in total. The van der Waals surface area contributed by atoms with Crippen LogP contribution in [0.15, 0.2) is 78.9 Å². The van der Waals surface area contributed by atoms with E-state index >= 15 is 0 Å². The van der Waals surface area contributed by atoms with Gasteiger partial charge in [0.15, 0.2) is 0 Å². The molecule has 0 saturated heterocycles. The normalized spacial score (nSPS) is 11.6. The van der Waals surface area contributed by atoms with Crippen molar-refractivity contribution in [2.24, 2.45) is 5.92 Å². The largest absolute Gasteiger partial charge is 0.497 e. The summed E-state index contributed by atoms with van der Waals surface area (Å²) in [5.74, 6) is 0.776. The minimum Gasteiger partial charge on any atom is -0.497 e. The minimum atomic E-state index is -0.786. The number of amides is 2. The highest BCUT2D eigenvalue weighted by atomic mass is 19.1. The summed E-state index contributed by atoms with van der Waals surface area (Å²) < 4.78 is 25.6. The molecule has 0 spiro atoms. The topological polar surface area (TPSA) is 67.9 Å². The highest BCUT2D eigenvalue weighted by Gasteiger charge is 2.30. The predicted octanol–water partition coefficient (Wildman–Crippen LogP) is 5.41. The van der Waals surface area contributed by atoms with E-state index in [-0.39, 0.29) is 30.7 Å². The van der Waals surface area contributed by atoms with Crippen LogP contribution in [0.4, 0.5) is 4.39 Å². The fourth-order valence-corrected chi connectivity index (χ4v) is 4.02. The predicted molar refractivity (Wildman–Crippen MR) is 146 cm³/mol. The van der Waals surface area contributed by atoms with Crippen molar-refractivity contribution in [3.8, 4) is 11.5 Å². The molecular weight excluding hydrogens is 483 g/mol. The molecule has 0 radical (unpaired) electrons. The number of hydrogen-bond acceptors (Lipinski definition) is 4. The van der Waals surface area contributed by atoms with Crippen molar-refractivity contribution in [2.75, 3.05) is 20.3 Å². The minimum absolute atomic E-state index is 0.00254. The number of methoxy groups -OCH3 is 1. The van der Waals surface area contributed by atoms with Crippen LogP contribution in [-0.2, 0) is 22.6 Å². The zero-order chi connectivity index (χ0) is 27.3. The molecule has 0 saturated carbocycles. The molecule has 3 aromatic rings. The van der Waals surface area contributed by atoms with Gasteiger partial charge in [-0.3, -0.25) is 9.59 Å². The zero-order valence-electron chi connectivity index (χ0n) is 22.4. The second-order valence-electron chi connectivity index (χ2n) is 9.59. The van der Waals surface area contributed by atoms with Crippen LogP contribution in [0, 0.1) is 11.7 Å². The summed E-state index contributed by atoms with van der Waals surface area (Å²) in [6, 6.07) is 22.4. The highest BCUT2D eigenvalue weighted by molar-refractivity contribution is 5.88. The van der Waals surface area contributed by atoms with Crippen molar-refractivity contribution in [2.45, 2.75) is 45.7 Å². The monoisotopic (exact) mass is 520 g/mol. The molecule has 0 aliphatic heterocycles. The molecular formula is C31H37FN2O4. The second kappa shape index (κ2) is 14.8. The lowest BCUT2D eigenvalue weighted by Crippen LogP contribution is -2.51. The lowest BCUT2D eigenvalue weighted by Gasteiger charge is -2.32. The van der Waals surface area contributed by atoms with Gasteiger partial charge in [-0.1, -0.05) is 62.4 Å². The van der Waals surface area contributed by atoms with Gasteiger partial charge in [-0.25, -0.2) is 4.39 Å². The first-order valence-corrected chi connectivity index (χ1v) is 13.0. The molecule has 0 unspecified atom stereocenters. The number of nitrogens with zero attached hydrogens (tertiary/aromatic N) is 1. The highest BCUT2D eigenvalue weighted by Crippen LogP contribution is 2.20. The Hall–Kier alpha value is -3.87. The first kappa shape index (κ1) is 28.7. The van der Waals surface area contributed by atoms with E-state index in [4.69, 9.17) is 9.47 Å². The fraction of sp³-hybridized carbons (Fsp3) is 0.355. The van der Waals surface area contributed by atoms with E-state index in [0.29, 0.717) is 37.3 Å². The van der Waals surface area contributed by atoms with Crippen molar-refractivity contribution in [1.82, 2.24) is 10.2 Å². The maximum atomic E-state index is 14.6. The van der Waals surface area contributed by atoms with E-state index in [9.17, 15) is 14.0 Å². The standard InChI is InChI=1S/C31H37FN2O4/c1-23(2)21-33-31(36)29(20-24-10-5-4-6-11-24)34(22-25-12-7-8-13-28(25)32)30(35)14-9-19-38-27-17-15-26(37-3)16-18-27/h4-8,10-13,15-18,23,29H,9,14,19-22H2,1-3H3,(H,33,36)/t29-/m1/s1. The lowest BCUT2D eigenvalue weighted by atomic mass is 10.0. The Bertz CT molecular complexity index is 1150. The molecule has 2 amide bonds. The van der Waals surface area contributed by atoms with E-state index in [1.165, 1.54) is 11.0 Å².